The van der Waals surface area contributed by atoms with Gasteiger partial charge in [0.05, 0.1) is 5.60 Å². The van der Waals surface area contributed by atoms with Crippen molar-refractivity contribution < 1.29 is 5.11 Å². The summed E-state index contributed by atoms with van der Waals surface area (Å²) in [4.78, 5) is 13.3. The van der Waals surface area contributed by atoms with E-state index in [1.165, 1.54) is 0 Å². The van der Waals surface area contributed by atoms with Crippen LogP contribution in [0.25, 0.3) is 11.4 Å². The molecule has 3 rings (SSSR count). The first kappa shape index (κ1) is 17.2. The average molecular weight is 344 g/mol. The standard InChI is InChI=1S/C18H24N4OS/c1-3-14-11-16(20-12-18(23)8-5-15(18)24-4-2)22-17(21-14)13-6-9-19-10-7-13/h6-7,9-11,15,23H,3-5,8,12H2,1-2H3,(H,20,21,22). The number of aliphatic hydroxyl groups is 1. The van der Waals surface area contributed by atoms with Crippen LogP contribution in [0, 0.1) is 0 Å². The molecule has 0 bridgehead atoms. The Kier molecular flexibility index (Phi) is 5.36. The Hall–Kier alpha value is -1.66. The van der Waals surface area contributed by atoms with Gasteiger partial charge >= 0.3 is 0 Å². The van der Waals surface area contributed by atoms with Gasteiger partial charge in [-0.25, -0.2) is 9.97 Å². The zero-order chi connectivity index (χ0) is 17.0. The van der Waals surface area contributed by atoms with Gasteiger partial charge in [0.1, 0.15) is 5.82 Å². The van der Waals surface area contributed by atoms with Crippen molar-refractivity contribution in [1.82, 2.24) is 15.0 Å². The fraction of sp³-hybridized carbons (Fsp3) is 0.500. The maximum absolute atomic E-state index is 10.7. The van der Waals surface area contributed by atoms with E-state index in [1.807, 2.05) is 30.0 Å². The summed E-state index contributed by atoms with van der Waals surface area (Å²) in [6, 6.07) is 5.78. The van der Waals surface area contributed by atoms with Crippen molar-refractivity contribution in [3.05, 3.63) is 36.3 Å². The van der Waals surface area contributed by atoms with E-state index in [9.17, 15) is 5.11 Å². The third kappa shape index (κ3) is 3.70. The summed E-state index contributed by atoms with van der Waals surface area (Å²) in [5.74, 6) is 2.50. The summed E-state index contributed by atoms with van der Waals surface area (Å²) in [7, 11) is 0. The van der Waals surface area contributed by atoms with Crippen LogP contribution < -0.4 is 5.32 Å². The lowest BCUT2D eigenvalue weighted by atomic mass is 9.79. The predicted octanol–water partition coefficient (Wildman–Crippen LogP) is 3.16. The van der Waals surface area contributed by atoms with Crippen molar-refractivity contribution >= 4 is 17.6 Å². The minimum absolute atomic E-state index is 0.321. The molecule has 1 fully saturated rings. The lowest BCUT2D eigenvalue weighted by molar-refractivity contribution is -0.0120. The van der Waals surface area contributed by atoms with E-state index in [4.69, 9.17) is 0 Å². The smallest absolute Gasteiger partial charge is 0.161 e. The van der Waals surface area contributed by atoms with Gasteiger partial charge in [0.2, 0.25) is 0 Å². The number of anilines is 1. The normalized spacial score (nSPS) is 22.9. The number of rotatable bonds is 7. The van der Waals surface area contributed by atoms with E-state index in [2.05, 4.69) is 34.1 Å². The molecule has 5 nitrogen and oxygen atoms in total. The largest absolute Gasteiger partial charge is 0.387 e. The van der Waals surface area contributed by atoms with Crippen LogP contribution in [0.2, 0.25) is 0 Å². The third-order valence-corrected chi connectivity index (χ3v) is 5.87. The summed E-state index contributed by atoms with van der Waals surface area (Å²) in [6.07, 6.45) is 6.26. The van der Waals surface area contributed by atoms with E-state index in [0.29, 0.717) is 17.6 Å². The highest BCUT2D eigenvalue weighted by Crippen LogP contribution is 2.41. The number of aromatic nitrogens is 3. The Morgan fingerprint density at radius 1 is 1.29 bits per heavy atom. The van der Waals surface area contributed by atoms with Gasteiger partial charge in [0.15, 0.2) is 5.82 Å². The highest BCUT2D eigenvalue weighted by molar-refractivity contribution is 8.00. The van der Waals surface area contributed by atoms with Gasteiger partial charge < -0.3 is 10.4 Å². The second-order valence-corrected chi connectivity index (χ2v) is 7.58. The third-order valence-electron chi connectivity index (χ3n) is 4.46. The second-order valence-electron chi connectivity index (χ2n) is 6.10. The minimum atomic E-state index is -0.630. The van der Waals surface area contributed by atoms with Gasteiger partial charge in [-0.2, -0.15) is 11.8 Å². The summed E-state index contributed by atoms with van der Waals surface area (Å²) in [5.41, 5.74) is 1.30. The summed E-state index contributed by atoms with van der Waals surface area (Å²) in [5, 5.41) is 14.4. The molecule has 2 unspecified atom stereocenters. The van der Waals surface area contributed by atoms with Crippen molar-refractivity contribution in [2.75, 3.05) is 17.6 Å². The number of hydrogen-bond acceptors (Lipinski definition) is 6. The molecule has 0 aliphatic heterocycles. The molecule has 2 aromatic heterocycles. The molecule has 6 heteroatoms. The molecule has 1 aliphatic carbocycles. The second kappa shape index (κ2) is 7.49. The van der Waals surface area contributed by atoms with Crippen molar-refractivity contribution in [2.45, 2.75) is 44.0 Å². The highest BCUT2D eigenvalue weighted by atomic mass is 32.2. The van der Waals surface area contributed by atoms with Crippen LogP contribution in [0.4, 0.5) is 5.82 Å². The molecule has 2 N–H and O–H groups in total. The van der Waals surface area contributed by atoms with Crippen LogP contribution in [0.3, 0.4) is 0 Å². The number of pyridine rings is 1. The fourth-order valence-electron chi connectivity index (χ4n) is 2.88. The lowest BCUT2D eigenvalue weighted by Gasteiger charge is -2.45. The molecule has 2 aromatic rings. The van der Waals surface area contributed by atoms with Crippen LogP contribution in [0.1, 0.15) is 32.4 Å². The van der Waals surface area contributed by atoms with Gasteiger partial charge in [-0.3, -0.25) is 4.98 Å². The summed E-state index contributed by atoms with van der Waals surface area (Å²) in [6.45, 7) is 4.74. The van der Waals surface area contributed by atoms with E-state index in [-0.39, 0.29) is 0 Å². The quantitative estimate of drug-likeness (QED) is 0.804. The van der Waals surface area contributed by atoms with Gasteiger partial charge in [-0.15, -0.1) is 0 Å². The Bertz CT molecular complexity index is 682. The van der Waals surface area contributed by atoms with Crippen LogP contribution in [-0.2, 0) is 6.42 Å². The first-order chi connectivity index (χ1) is 11.6. The molecule has 0 aromatic carbocycles. The zero-order valence-electron chi connectivity index (χ0n) is 14.2. The van der Waals surface area contributed by atoms with Crippen LogP contribution in [0.5, 0.6) is 0 Å². The van der Waals surface area contributed by atoms with Crippen molar-refractivity contribution in [2.24, 2.45) is 0 Å². The number of aryl methyl sites for hydroxylation is 1. The Morgan fingerprint density at radius 3 is 2.71 bits per heavy atom. The fourth-order valence-corrected chi connectivity index (χ4v) is 4.08. The molecule has 24 heavy (non-hydrogen) atoms. The number of hydrogen-bond donors (Lipinski definition) is 2. The molecule has 128 valence electrons. The highest BCUT2D eigenvalue weighted by Gasteiger charge is 2.45. The maximum Gasteiger partial charge on any atom is 0.161 e. The monoisotopic (exact) mass is 344 g/mol. The molecule has 2 atom stereocenters. The number of thioether (sulfide) groups is 1. The predicted molar refractivity (Wildman–Crippen MR) is 99.2 cm³/mol. The molecule has 1 aliphatic rings. The van der Waals surface area contributed by atoms with Crippen LogP contribution in [0.15, 0.2) is 30.6 Å². The van der Waals surface area contributed by atoms with Crippen molar-refractivity contribution in [3.63, 3.8) is 0 Å². The number of nitrogens with zero attached hydrogens (tertiary/aromatic N) is 3. The molecule has 0 amide bonds. The van der Waals surface area contributed by atoms with Crippen LogP contribution in [-0.4, -0.2) is 43.2 Å². The average Bonchev–Trinajstić information content (AvgIpc) is 2.63. The topological polar surface area (TPSA) is 70.9 Å². The Morgan fingerprint density at radius 2 is 2.08 bits per heavy atom. The summed E-state index contributed by atoms with van der Waals surface area (Å²) >= 11 is 1.84. The SMILES string of the molecule is CCSC1CCC1(O)CNc1cc(CC)nc(-c2ccncc2)n1. The van der Waals surface area contributed by atoms with Crippen molar-refractivity contribution in [3.8, 4) is 11.4 Å². The Balaban J connectivity index is 1.76. The molecule has 1 saturated carbocycles. The molecule has 0 spiro atoms. The first-order valence-corrected chi connectivity index (χ1v) is 9.55. The zero-order valence-corrected chi connectivity index (χ0v) is 15.0. The molecule has 0 saturated heterocycles. The maximum atomic E-state index is 10.7. The Labute approximate surface area is 147 Å². The molecule has 0 radical (unpaired) electrons. The van der Waals surface area contributed by atoms with Gasteiger partial charge in [0.25, 0.3) is 0 Å². The lowest BCUT2D eigenvalue weighted by Crippen LogP contribution is -2.54. The first-order valence-electron chi connectivity index (χ1n) is 8.51. The molecular formula is C18H24N4OS. The summed E-state index contributed by atoms with van der Waals surface area (Å²) < 4.78 is 0. The van der Waals surface area contributed by atoms with Crippen LogP contribution >= 0.6 is 11.8 Å². The minimum Gasteiger partial charge on any atom is -0.387 e. The molecule has 2 heterocycles. The van der Waals surface area contributed by atoms with Gasteiger partial charge in [-0.1, -0.05) is 13.8 Å². The van der Waals surface area contributed by atoms with E-state index in [0.717, 1.165) is 42.1 Å². The van der Waals surface area contributed by atoms with E-state index < -0.39 is 5.60 Å². The van der Waals surface area contributed by atoms with Gasteiger partial charge in [0, 0.05) is 41.5 Å². The van der Waals surface area contributed by atoms with E-state index >= 15 is 0 Å². The number of nitrogens with one attached hydrogen (secondary N) is 1. The van der Waals surface area contributed by atoms with Gasteiger partial charge in [-0.05, 0) is 37.1 Å². The van der Waals surface area contributed by atoms with E-state index in [1.54, 1.807) is 12.4 Å². The van der Waals surface area contributed by atoms with Crippen molar-refractivity contribution in [1.29, 1.82) is 0 Å². The molecular weight excluding hydrogens is 320 g/mol.